The number of carbonyl (C=O) groups excluding carboxylic acids is 1. The van der Waals surface area contributed by atoms with Crippen LogP contribution < -0.4 is 0 Å². The zero-order valence-electron chi connectivity index (χ0n) is 14.8. The highest BCUT2D eigenvalue weighted by molar-refractivity contribution is 5.85. The number of carbonyl (C=O) groups is 2. The summed E-state index contributed by atoms with van der Waals surface area (Å²) in [7, 11) is 0. The number of allylic oxidation sites excluding steroid dienone is 3. The predicted octanol–water partition coefficient (Wildman–Crippen LogP) is 4.28. The molecule has 1 saturated carbocycles. The van der Waals surface area contributed by atoms with Crippen LogP contribution in [0.15, 0.2) is 24.3 Å². The molecule has 1 unspecified atom stereocenters. The van der Waals surface area contributed by atoms with E-state index in [1.165, 1.54) is 0 Å². The number of aliphatic hydroxyl groups excluding tert-OH is 1. The molecule has 0 aromatic carbocycles. The van der Waals surface area contributed by atoms with Crippen LogP contribution in [0.4, 0.5) is 0 Å². The van der Waals surface area contributed by atoms with Gasteiger partial charge in [-0.15, -0.1) is 0 Å². The van der Waals surface area contributed by atoms with E-state index in [0.717, 1.165) is 44.9 Å². The standard InChI is InChI=1S/C20H32O4/c1-2-3-6-10-17(21)13-14-18-16(12-15-19(18)22)9-7-4-5-8-11-20(23)24/h4,7,13-14,16-18,21H,2-3,5-6,8-12,15H2,1H3,(H,23,24)/b7-4-,14-13+/t16-,17-,18?/m0/s1. The van der Waals surface area contributed by atoms with Crippen molar-refractivity contribution in [2.75, 3.05) is 0 Å². The van der Waals surface area contributed by atoms with Gasteiger partial charge in [-0.2, -0.15) is 0 Å². The van der Waals surface area contributed by atoms with Crippen LogP contribution in [0.1, 0.15) is 71.1 Å². The number of hydrogen-bond acceptors (Lipinski definition) is 3. The number of carboxylic acids is 1. The lowest BCUT2D eigenvalue weighted by Gasteiger charge is -2.13. The van der Waals surface area contributed by atoms with Crippen molar-refractivity contribution in [2.24, 2.45) is 11.8 Å². The highest BCUT2D eigenvalue weighted by Gasteiger charge is 2.31. The van der Waals surface area contributed by atoms with E-state index in [1.807, 2.05) is 12.2 Å². The van der Waals surface area contributed by atoms with Crippen molar-refractivity contribution in [1.82, 2.24) is 0 Å². The van der Waals surface area contributed by atoms with E-state index < -0.39 is 12.1 Å². The van der Waals surface area contributed by atoms with E-state index in [-0.39, 0.29) is 18.1 Å². The number of carboxylic acid groups (broad SMARTS) is 1. The second-order valence-electron chi connectivity index (χ2n) is 6.73. The van der Waals surface area contributed by atoms with Gasteiger partial charge in [0.1, 0.15) is 5.78 Å². The Labute approximate surface area is 145 Å². The van der Waals surface area contributed by atoms with Crippen LogP contribution in [0.5, 0.6) is 0 Å². The molecule has 1 fully saturated rings. The Morgan fingerprint density at radius 1 is 1.29 bits per heavy atom. The van der Waals surface area contributed by atoms with E-state index >= 15 is 0 Å². The summed E-state index contributed by atoms with van der Waals surface area (Å²) in [6, 6.07) is 0. The van der Waals surface area contributed by atoms with Gasteiger partial charge in [-0.1, -0.05) is 50.5 Å². The average Bonchev–Trinajstić information content (AvgIpc) is 2.89. The summed E-state index contributed by atoms with van der Waals surface area (Å²) in [5.41, 5.74) is 0. The Kier molecular flexibility index (Phi) is 10.3. The molecule has 0 heterocycles. The molecule has 3 atom stereocenters. The summed E-state index contributed by atoms with van der Waals surface area (Å²) < 4.78 is 0. The molecule has 4 heteroatoms. The third-order valence-electron chi connectivity index (χ3n) is 4.65. The number of Topliss-reactive ketones (excluding diaryl/α,β-unsaturated/α-hetero) is 1. The first-order valence-corrected chi connectivity index (χ1v) is 9.30. The molecule has 1 aliphatic carbocycles. The Balaban J connectivity index is 2.37. The SMILES string of the molecule is CCCCC[C@H](O)/C=C/C1C(=O)CC[C@@H]1C/C=C\CCCC(=O)O. The third kappa shape index (κ3) is 8.44. The summed E-state index contributed by atoms with van der Waals surface area (Å²) in [4.78, 5) is 22.5. The highest BCUT2D eigenvalue weighted by Crippen LogP contribution is 2.33. The van der Waals surface area contributed by atoms with Crippen LogP contribution >= 0.6 is 0 Å². The highest BCUT2D eigenvalue weighted by atomic mass is 16.4. The Hall–Kier alpha value is -1.42. The van der Waals surface area contributed by atoms with Crippen molar-refractivity contribution >= 4 is 11.8 Å². The maximum absolute atomic E-state index is 12.0. The van der Waals surface area contributed by atoms with Gasteiger partial charge in [0, 0.05) is 18.8 Å². The second kappa shape index (κ2) is 12.0. The van der Waals surface area contributed by atoms with Crippen LogP contribution in [0.25, 0.3) is 0 Å². The van der Waals surface area contributed by atoms with Crippen LogP contribution in [-0.2, 0) is 9.59 Å². The fraction of sp³-hybridized carbons (Fsp3) is 0.700. The molecule has 4 nitrogen and oxygen atoms in total. The van der Waals surface area contributed by atoms with Gasteiger partial charge in [0.15, 0.2) is 0 Å². The first-order valence-electron chi connectivity index (χ1n) is 9.30. The van der Waals surface area contributed by atoms with Gasteiger partial charge in [0.2, 0.25) is 0 Å². The molecule has 0 spiro atoms. The Morgan fingerprint density at radius 3 is 2.79 bits per heavy atom. The number of aliphatic carboxylic acids is 1. The lowest BCUT2D eigenvalue weighted by Crippen LogP contribution is -2.13. The minimum absolute atomic E-state index is 0.0745. The van der Waals surface area contributed by atoms with Crippen LogP contribution in [0, 0.1) is 11.8 Å². The topological polar surface area (TPSA) is 74.6 Å². The lowest BCUT2D eigenvalue weighted by atomic mass is 9.91. The fourth-order valence-corrected chi connectivity index (χ4v) is 3.17. The molecule has 0 amide bonds. The summed E-state index contributed by atoms with van der Waals surface area (Å²) >= 11 is 0. The van der Waals surface area contributed by atoms with Crippen LogP contribution in [0.2, 0.25) is 0 Å². The summed E-state index contributed by atoms with van der Waals surface area (Å²) in [6.07, 6.45) is 15.4. The number of rotatable bonds is 12. The number of unbranched alkanes of at least 4 members (excludes halogenated alkanes) is 3. The minimum atomic E-state index is -0.757. The predicted molar refractivity (Wildman–Crippen MR) is 95.8 cm³/mol. The second-order valence-corrected chi connectivity index (χ2v) is 6.73. The molecule has 0 saturated heterocycles. The van der Waals surface area contributed by atoms with E-state index in [0.29, 0.717) is 18.8 Å². The molecule has 2 N–H and O–H groups in total. The van der Waals surface area contributed by atoms with Crippen molar-refractivity contribution in [3.05, 3.63) is 24.3 Å². The Morgan fingerprint density at radius 2 is 2.08 bits per heavy atom. The largest absolute Gasteiger partial charge is 0.481 e. The molecular formula is C20H32O4. The van der Waals surface area contributed by atoms with E-state index in [9.17, 15) is 14.7 Å². The van der Waals surface area contributed by atoms with Crippen molar-refractivity contribution < 1.29 is 19.8 Å². The van der Waals surface area contributed by atoms with Gasteiger partial charge in [-0.05, 0) is 38.0 Å². The van der Waals surface area contributed by atoms with Crippen molar-refractivity contribution in [3.63, 3.8) is 0 Å². The van der Waals surface area contributed by atoms with Gasteiger partial charge in [0.05, 0.1) is 6.10 Å². The van der Waals surface area contributed by atoms with E-state index in [2.05, 4.69) is 13.0 Å². The molecule has 24 heavy (non-hydrogen) atoms. The quantitative estimate of drug-likeness (QED) is 0.412. The molecule has 0 radical (unpaired) electrons. The smallest absolute Gasteiger partial charge is 0.303 e. The van der Waals surface area contributed by atoms with E-state index in [1.54, 1.807) is 6.08 Å². The first-order chi connectivity index (χ1) is 11.5. The van der Waals surface area contributed by atoms with Gasteiger partial charge in [-0.3, -0.25) is 9.59 Å². The molecular weight excluding hydrogens is 304 g/mol. The van der Waals surface area contributed by atoms with Crippen molar-refractivity contribution in [3.8, 4) is 0 Å². The first kappa shape index (κ1) is 20.6. The monoisotopic (exact) mass is 336 g/mol. The molecule has 1 rings (SSSR count). The van der Waals surface area contributed by atoms with Gasteiger partial charge in [-0.25, -0.2) is 0 Å². The van der Waals surface area contributed by atoms with Crippen molar-refractivity contribution in [1.29, 1.82) is 0 Å². The Bertz CT molecular complexity index is 439. The van der Waals surface area contributed by atoms with Gasteiger partial charge in [0.25, 0.3) is 0 Å². The van der Waals surface area contributed by atoms with E-state index in [4.69, 9.17) is 5.11 Å². The zero-order chi connectivity index (χ0) is 17.8. The molecule has 0 bridgehead atoms. The van der Waals surface area contributed by atoms with Crippen LogP contribution in [-0.4, -0.2) is 28.1 Å². The zero-order valence-corrected chi connectivity index (χ0v) is 14.8. The average molecular weight is 336 g/mol. The third-order valence-corrected chi connectivity index (χ3v) is 4.65. The molecule has 0 aliphatic heterocycles. The van der Waals surface area contributed by atoms with Gasteiger partial charge < -0.3 is 10.2 Å². The number of aliphatic hydroxyl groups is 1. The molecule has 136 valence electrons. The van der Waals surface area contributed by atoms with Gasteiger partial charge >= 0.3 is 5.97 Å². The minimum Gasteiger partial charge on any atom is -0.481 e. The fourth-order valence-electron chi connectivity index (χ4n) is 3.17. The van der Waals surface area contributed by atoms with Crippen molar-refractivity contribution in [2.45, 2.75) is 77.2 Å². The maximum Gasteiger partial charge on any atom is 0.303 e. The summed E-state index contributed by atoms with van der Waals surface area (Å²) in [5.74, 6) is -0.245. The lowest BCUT2D eigenvalue weighted by molar-refractivity contribution is -0.137. The normalized spacial score (nSPS) is 22.7. The number of hydrogen-bond donors (Lipinski definition) is 2. The summed E-state index contributed by atoms with van der Waals surface area (Å²) in [6.45, 7) is 2.14. The molecule has 0 aromatic heterocycles. The molecule has 0 aromatic rings. The van der Waals surface area contributed by atoms with Crippen LogP contribution in [0.3, 0.4) is 0 Å². The maximum atomic E-state index is 12.0. The number of ketones is 1. The molecule has 1 aliphatic rings. The summed E-state index contributed by atoms with van der Waals surface area (Å²) in [5, 5.41) is 18.6.